The Morgan fingerprint density at radius 2 is 1.86 bits per heavy atom. The van der Waals surface area contributed by atoms with Crippen molar-refractivity contribution in [3.63, 3.8) is 0 Å². The quantitative estimate of drug-likeness (QED) is 0.575. The number of fused-ring (bicyclic) bond motifs is 2. The summed E-state index contributed by atoms with van der Waals surface area (Å²) in [6.07, 6.45) is 3.70. The number of halogens is 1. The lowest BCUT2D eigenvalue weighted by Crippen LogP contribution is -2.36. The fourth-order valence-corrected chi connectivity index (χ4v) is 4.84. The number of aromatic nitrogens is 2. The number of amides is 3. The van der Waals surface area contributed by atoms with Gasteiger partial charge in [-0.3, -0.25) is 24.1 Å². The molecule has 1 saturated heterocycles. The summed E-state index contributed by atoms with van der Waals surface area (Å²) in [7, 11) is 0. The highest BCUT2D eigenvalue weighted by atomic mass is 19.1. The predicted octanol–water partition coefficient (Wildman–Crippen LogP) is 2.39. The Morgan fingerprint density at radius 3 is 2.60 bits per heavy atom. The topological polar surface area (TPSA) is 103 Å². The molecule has 1 aliphatic carbocycles. The van der Waals surface area contributed by atoms with E-state index in [9.17, 15) is 23.6 Å². The number of nitrogens with zero attached hydrogens (tertiary/aromatic N) is 3. The van der Waals surface area contributed by atoms with Crippen LogP contribution < -0.4 is 5.56 Å². The first-order valence-electron chi connectivity index (χ1n) is 11.5. The van der Waals surface area contributed by atoms with E-state index < -0.39 is 17.6 Å². The first-order chi connectivity index (χ1) is 16.9. The van der Waals surface area contributed by atoms with Gasteiger partial charge < -0.3 is 4.90 Å². The monoisotopic (exact) mass is 472 g/mol. The summed E-state index contributed by atoms with van der Waals surface area (Å²) < 4.78 is 14.7. The largest absolute Gasteiger partial charge is 0.313 e. The van der Waals surface area contributed by atoms with Gasteiger partial charge >= 0.3 is 0 Å². The van der Waals surface area contributed by atoms with Crippen molar-refractivity contribution in [3.05, 3.63) is 87.2 Å². The molecular formula is C26H21FN4O4. The average molecular weight is 472 g/mol. The Morgan fingerprint density at radius 1 is 1.09 bits per heavy atom. The maximum atomic E-state index is 14.7. The van der Waals surface area contributed by atoms with Crippen LogP contribution in [0.1, 0.15) is 34.5 Å². The van der Waals surface area contributed by atoms with E-state index in [0.717, 1.165) is 12.8 Å². The number of H-pyrrole nitrogens is 1. The summed E-state index contributed by atoms with van der Waals surface area (Å²) in [6.45, 7) is 0.458. The molecule has 2 fully saturated rings. The average Bonchev–Trinajstić information content (AvgIpc) is 3.53. The van der Waals surface area contributed by atoms with E-state index in [1.54, 1.807) is 30.3 Å². The van der Waals surface area contributed by atoms with Gasteiger partial charge in [-0.15, -0.1) is 0 Å². The van der Waals surface area contributed by atoms with Crippen LogP contribution in [0.15, 0.2) is 59.0 Å². The molecule has 1 atom stereocenters. The molecule has 176 valence electrons. The number of carbonyl (C=O) groups excluding carboxylic acids is 3. The van der Waals surface area contributed by atoms with Crippen molar-refractivity contribution in [2.45, 2.75) is 19.3 Å². The van der Waals surface area contributed by atoms with Gasteiger partial charge in [0.25, 0.3) is 17.4 Å². The van der Waals surface area contributed by atoms with E-state index >= 15 is 0 Å². The zero-order valence-electron chi connectivity index (χ0n) is 18.7. The van der Waals surface area contributed by atoms with E-state index in [4.69, 9.17) is 0 Å². The molecule has 3 aliphatic rings. The number of aromatic amines is 1. The van der Waals surface area contributed by atoms with E-state index in [-0.39, 0.29) is 35.9 Å². The van der Waals surface area contributed by atoms with E-state index in [1.165, 1.54) is 28.1 Å². The summed E-state index contributed by atoms with van der Waals surface area (Å²) in [6, 6.07) is 11.3. The SMILES string of the molecule is O=C(c1cc(Cc2n[nH]c(=O)c3ccccc23)ccc1F)N1C=C2C(=O)N(CC3CC3)C(=O)C2C1. The van der Waals surface area contributed by atoms with Crippen LogP contribution in [0.25, 0.3) is 10.8 Å². The van der Waals surface area contributed by atoms with Gasteiger partial charge in [0.15, 0.2) is 0 Å². The smallest absolute Gasteiger partial charge is 0.272 e. The lowest BCUT2D eigenvalue weighted by atomic mass is 10.0. The molecule has 3 aromatic rings. The first-order valence-corrected chi connectivity index (χ1v) is 11.5. The first kappa shape index (κ1) is 21.4. The molecule has 9 heteroatoms. The fourth-order valence-electron chi connectivity index (χ4n) is 4.84. The summed E-state index contributed by atoms with van der Waals surface area (Å²) in [5, 5.41) is 7.80. The van der Waals surface area contributed by atoms with E-state index in [0.29, 0.717) is 40.1 Å². The number of nitrogens with one attached hydrogen (secondary N) is 1. The molecule has 1 saturated carbocycles. The normalized spacial score (nSPS) is 19.5. The number of imide groups is 1. The van der Waals surface area contributed by atoms with Crippen LogP contribution in [0.2, 0.25) is 0 Å². The molecule has 1 aromatic heterocycles. The molecule has 2 aromatic carbocycles. The molecule has 3 heterocycles. The minimum absolute atomic E-state index is 0.0235. The maximum absolute atomic E-state index is 14.7. The fraction of sp³-hybridized carbons (Fsp3) is 0.269. The Balaban J connectivity index is 1.26. The van der Waals surface area contributed by atoms with Gasteiger partial charge in [-0.05, 0) is 42.5 Å². The molecule has 3 amide bonds. The van der Waals surface area contributed by atoms with Gasteiger partial charge in [-0.25, -0.2) is 9.49 Å². The van der Waals surface area contributed by atoms with Crippen molar-refractivity contribution < 1.29 is 18.8 Å². The summed E-state index contributed by atoms with van der Waals surface area (Å²) >= 11 is 0. The molecule has 0 radical (unpaired) electrons. The van der Waals surface area contributed by atoms with Crippen LogP contribution >= 0.6 is 0 Å². The van der Waals surface area contributed by atoms with Gasteiger partial charge in [0.2, 0.25) is 5.91 Å². The summed E-state index contributed by atoms with van der Waals surface area (Å²) in [5.74, 6) is -2.25. The molecule has 8 nitrogen and oxygen atoms in total. The third-order valence-electron chi connectivity index (χ3n) is 6.91. The Bertz CT molecular complexity index is 1510. The van der Waals surface area contributed by atoms with Crippen LogP contribution in [0.4, 0.5) is 4.39 Å². The predicted molar refractivity (Wildman–Crippen MR) is 124 cm³/mol. The second-order valence-electron chi connectivity index (χ2n) is 9.33. The van der Waals surface area contributed by atoms with Crippen molar-refractivity contribution in [3.8, 4) is 0 Å². The van der Waals surface area contributed by atoms with Crippen molar-refractivity contribution >= 4 is 28.5 Å². The Hall–Kier alpha value is -4.14. The van der Waals surface area contributed by atoms with Gasteiger partial charge in [0.05, 0.1) is 22.6 Å². The number of hydrogen-bond donors (Lipinski definition) is 1. The highest BCUT2D eigenvalue weighted by Gasteiger charge is 2.49. The van der Waals surface area contributed by atoms with Gasteiger partial charge in [0.1, 0.15) is 5.82 Å². The van der Waals surface area contributed by atoms with Crippen LogP contribution in [0.3, 0.4) is 0 Å². The third kappa shape index (κ3) is 3.63. The van der Waals surface area contributed by atoms with Gasteiger partial charge in [-0.1, -0.05) is 24.3 Å². The molecule has 1 unspecified atom stereocenters. The molecule has 0 bridgehead atoms. The summed E-state index contributed by atoms with van der Waals surface area (Å²) in [5.41, 5.74) is 1.07. The second kappa shape index (κ2) is 7.97. The highest BCUT2D eigenvalue weighted by molar-refractivity contribution is 6.16. The number of rotatable bonds is 5. The maximum Gasteiger partial charge on any atom is 0.272 e. The lowest BCUT2D eigenvalue weighted by molar-refractivity contribution is -0.139. The molecule has 1 N–H and O–H groups in total. The van der Waals surface area contributed by atoms with Crippen molar-refractivity contribution in [2.75, 3.05) is 13.1 Å². The van der Waals surface area contributed by atoms with Crippen LogP contribution in [0, 0.1) is 17.7 Å². The number of benzene rings is 2. The molecule has 2 aliphatic heterocycles. The highest BCUT2D eigenvalue weighted by Crippen LogP contribution is 2.37. The second-order valence-corrected chi connectivity index (χ2v) is 9.33. The summed E-state index contributed by atoms with van der Waals surface area (Å²) in [4.78, 5) is 53.2. The minimum Gasteiger partial charge on any atom is -0.313 e. The van der Waals surface area contributed by atoms with Crippen molar-refractivity contribution in [1.29, 1.82) is 0 Å². The molecule has 0 spiro atoms. The van der Waals surface area contributed by atoms with Gasteiger partial charge in [-0.2, -0.15) is 5.10 Å². The van der Waals surface area contributed by atoms with Gasteiger partial charge in [0, 0.05) is 36.7 Å². The standard InChI is InChI=1S/C26H21FN4O4/c27-21-8-7-15(10-22-16-3-1-2-4-17(16)23(32)29-28-22)9-18(21)24(33)30-12-19-20(13-30)26(35)31(25(19)34)11-14-5-6-14/h1-4,7-9,12,14,20H,5-6,10-11,13H2,(H,29,32). The van der Waals surface area contributed by atoms with Crippen LogP contribution in [0.5, 0.6) is 0 Å². The van der Waals surface area contributed by atoms with E-state index in [1.807, 2.05) is 0 Å². The Labute approximate surface area is 199 Å². The lowest BCUT2D eigenvalue weighted by Gasteiger charge is -2.19. The zero-order chi connectivity index (χ0) is 24.3. The number of hydrogen-bond acceptors (Lipinski definition) is 5. The number of likely N-dealkylation sites (tertiary alicyclic amines) is 1. The van der Waals surface area contributed by atoms with Crippen molar-refractivity contribution in [1.82, 2.24) is 20.0 Å². The molecule has 35 heavy (non-hydrogen) atoms. The van der Waals surface area contributed by atoms with Crippen LogP contribution in [-0.4, -0.2) is 50.8 Å². The zero-order valence-corrected chi connectivity index (χ0v) is 18.7. The third-order valence-corrected chi connectivity index (χ3v) is 6.91. The van der Waals surface area contributed by atoms with Crippen LogP contribution in [-0.2, 0) is 16.0 Å². The van der Waals surface area contributed by atoms with Crippen molar-refractivity contribution in [2.24, 2.45) is 11.8 Å². The Kier molecular flexibility index (Phi) is 4.87. The number of carbonyl (C=O) groups is 3. The van der Waals surface area contributed by atoms with E-state index in [2.05, 4.69) is 10.2 Å². The minimum atomic E-state index is -0.693. The molecular weight excluding hydrogens is 451 g/mol. The molecule has 6 rings (SSSR count).